The minimum atomic E-state index is 0.510. The third-order valence-electron chi connectivity index (χ3n) is 5.12. The summed E-state index contributed by atoms with van der Waals surface area (Å²) in [5, 5.41) is 3.67. The Kier molecular flexibility index (Phi) is 5.04. The van der Waals surface area contributed by atoms with Gasteiger partial charge in [-0.2, -0.15) is 0 Å². The van der Waals surface area contributed by atoms with Crippen LogP contribution >= 0.6 is 0 Å². The van der Waals surface area contributed by atoms with Gasteiger partial charge >= 0.3 is 0 Å². The molecule has 0 radical (unpaired) electrons. The summed E-state index contributed by atoms with van der Waals surface area (Å²) in [6, 6.07) is 11.1. The van der Waals surface area contributed by atoms with Gasteiger partial charge in [0.15, 0.2) is 0 Å². The molecule has 2 rings (SSSR count). The van der Waals surface area contributed by atoms with Crippen LogP contribution in [-0.2, 0) is 0 Å². The van der Waals surface area contributed by atoms with E-state index in [1.807, 2.05) is 0 Å². The van der Waals surface area contributed by atoms with Gasteiger partial charge in [-0.1, -0.05) is 51.1 Å². The molecule has 1 saturated carbocycles. The van der Waals surface area contributed by atoms with Crippen LogP contribution in [0.3, 0.4) is 0 Å². The van der Waals surface area contributed by atoms with Crippen LogP contribution in [0, 0.1) is 11.3 Å². The number of benzene rings is 1. The number of rotatable bonds is 8. The predicted molar refractivity (Wildman–Crippen MR) is 83.5 cm³/mol. The minimum Gasteiger partial charge on any atom is -0.316 e. The van der Waals surface area contributed by atoms with Crippen LogP contribution < -0.4 is 5.32 Å². The summed E-state index contributed by atoms with van der Waals surface area (Å²) in [5.74, 6) is 1.69. The van der Waals surface area contributed by atoms with E-state index in [-0.39, 0.29) is 0 Å². The van der Waals surface area contributed by atoms with Gasteiger partial charge in [0.25, 0.3) is 0 Å². The SMILES string of the molecule is CCCNCC(CC)(CC)C1CC1c1ccccc1. The van der Waals surface area contributed by atoms with Gasteiger partial charge in [0.2, 0.25) is 0 Å². The summed E-state index contributed by atoms with van der Waals surface area (Å²) < 4.78 is 0. The van der Waals surface area contributed by atoms with Crippen LogP contribution in [0.1, 0.15) is 57.9 Å². The molecule has 0 amide bonds. The lowest BCUT2D eigenvalue weighted by Gasteiger charge is -2.33. The van der Waals surface area contributed by atoms with Crippen molar-refractivity contribution < 1.29 is 0 Å². The Bertz CT molecular complexity index is 367. The fourth-order valence-electron chi connectivity index (χ4n) is 3.61. The predicted octanol–water partition coefficient (Wildman–Crippen LogP) is 4.60. The van der Waals surface area contributed by atoms with E-state index in [0.717, 1.165) is 18.4 Å². The van der Waals surface area contributed by atoms with E-state index in [9.17, 15) is 0 Å². The molecule has 19 heavy (non-hydrogen) atoms. The third-order valence-corrected chi connectivity index (χ3v) is 5.12. The van der Waals surface area contributed by atoms with Gasteiger partial charge in [-0.25, -0.2) is 0 Å². The van der Waals surface area contributed by atoms with Crippen molar-refractivity contribution >= 4 is 0 Å². The first-order valence-electron chi connectivity index (χ1n) is 8.03. The Morgan fingerprint density at radius 2 is 1.79 bits per heavy atom. The molecule has 1 aromatic carbocycles. The zero-order valence-electron chi connectivity index (χ0n) is 12.8. The van der Waals surface area contributed by atoms with Crippen molar-refractivity contribution in [3.8, 4) is 0 Å². The molecule has 1 aliphatic rings. The summed E-state index contributed by atoms with van der Waals surface area (Å²) >= 11 is 0. The van der Waals surface area contributed by atoms with Crippen LogP contribution in [0.4, 0.5) is 0 Å². The van der Waals surface area contributed by atoms with Crippen molar-refractivity contribution in [2.24, 2.45) is 11.3 Å². The summed E-state index contributed by atoms with van der Waals surface area (Å²) in [7, 11) is 0. The average Bonchev–Trinajstić information content (AvgIpc) is 3.26. The van der Waals surface area contributed by atoms with Crippen LogP contribution in [0.25, 0.3) is 0 Å². The van der Waals surface area contributed by atoms with Crippen molar-refractivity contribution in [1.82, 2.24) is 5.32 Å². The Morgan fingerprint density at radius 1 is 1.11 bits per heavy atom. The van der Waals surface area contributed by atoms with Crippen molar-refractivity contribution in [1.29, 1.82) is 0 Å². The quantitative estimate of drug-likeness (QED) is 0.673. The number of nitrogens with one attached hydrogen (secondary N) is 1. The van der Waals surface area contributed by atoms with E-state index in [4.69, 9.17) is 0 Å². The summed E-state index contributed by atoms with van der Waals surface area (Å²) in [5.41, 5.74) is 2.06. The highest BCUT2D eigenvalue weighted by Gasteiger charge is 2.50. The molecule has 1 aliphatic carbocycles. The average molecular weight is 259 g/mol. The first-order valence-corrected chi connectivity index (χ1v) is 8.03. The van der Waals surface area contributed by atoms with E-state index in [0.29, 0.717) is 5.41 Å². The normalized spacial score (nSPS) is 22.5. The Hall–Kier alpha value is -0.820. The van der Waals surface area contributed by atoms with Crippen LogP contribution in [0.2, 0.25) is 0 Å². The third kappa shape index (κ3) is 3.20. The second-order valence-corrected chi connectivity index (χ2v) is 6.11. The van der Waals surface area contributed by atoms with Gasteiger partial charge in [-0.3, -0.25) is 0 Å². The fraction of sp³-hybridized carbons (Fsp3) is 0.667. The zero-order chi connectivity index (χ0) is 13.7. The Labute approximate surface area is 118 Å². The smallest absolute Gasteiger partial charge is 0.00105 e. The summed E-state index contributed by atoms with van der Waals surface area (Å²) in [4.78, 5) is 0. The number of hydrogen-bond acceptors (Lipinski definition) is 1. The molecule has 0 heterocycles. The van der Waals surface area contributed by atoms with Crippen molar-refractivity contribution in [2.75, 3.05) is 13.1 Å². The maximum Gasteiger partial charge on any atom is 0.00105 e. The lowest BCUT2D eigenvalue weighted by atomic mass is 9.76. The topological polar surface area (TPSA) is 12.0 Å². The highest BCUT2D eigenvalue weighted by atomic mass is 14.9. The molecule has 2 unspecified atom stereocenters. The molecule has 1 nitrogen and oxygen atoms in total. The lowest BCUT2D eigenvalue weighted by molar-refractivity contribution is 0.203. The monoisotopic (exact) mass is 259 g/mol. The number of hydrogen-bond donors (Lipinski definition) is 1. The van der Waals surface area contributed by atoms with E-state index in [1.165, 1.54) is 32.2 Å². The molecule has 0 aromatic heterocycles. The largest absolute Gasteiger partial charge is 0.316 e. The highest BCUT2D eigenvalue weighted by Crippen LogP contribution is 2.59. The molecule has 1 heteroatoms. The fourth-order valence-corrected chi connectivity index (χ4v) is 3.61. The Balaban J connectivity index is 2.01. The zero-order valence-corrected chi connectivity index (χ0v) is 12.8. The Morgan fingerprint density at radius 3 is 2.37 bits per heavy atom. The van der Waals surface area contributed by atoms with Gasteiger partial charge in [0.05, 0.1) is 0 Å². The molecule has 0 aliphatic heterocycles. The first kappa shape index (κ1) is 14.6. The maximum absolute atomic E-state index is 3.67. The van der Waals surface area contributed by atoms with Crippen LogP contribution in [0.15, 0.2) is 30.3 Å². The molecule has 2 atom stereocenters. The van der Waals surface area contributed by atoms with Gasteiger partial charge in [0, 0.05) is 6.54 Å². The van der Waals surface area contributed by atoms with E-state index in [2.05, 4.69) is 56.4 Å². The molecular formula is C18H29N. The molecule has 0 spiro atoms. The van der Waals surface area contributed by atoms with Crippen molar-refractivity contribution in [3.63, 3.8) is 0 Å². The highest BCUT2D eigenvalue weighted by molar-refractivity contribution is 5.27. The van der Waals surface area contributed by atoms with E-state index < -0.39 is 0 Å². The van der Waals surface area contributed by atoms with Crippen molar-refractivity contribution in [2.45, 2.75) is 52.4 Å². The molecule has 0 bridgehead atoms. The summed E-state index contributed by atoms with van der Waals surface area (Å²) in [6.07, 6.45) is 5.22. The van der Waals surface area contributed by atoms with Crippen LogP contribution in [0.5, 0.6) is 0 Å². The lowest BCUT2D eigenvalue weighted by Crippen LogP contribution is -2.36. The molecule has 106 valence electrons. The molecule has 1 fully saturated rings. The van der Waals surface area contributed by atoms with E-state index in [1.54, 1.807) is 5.56 Å². The standard InChI is InChI=1S/C18H29N/c1-4-12-19-14-18(5-2,6-3)17-13-16(17)15-10-8-7-9-11-15/h7-11,16-17,19H,4-6,12-14H2,1-3H3. The van der Waals surface area contributed by atoms with Gasteiger partial charge in [0.1, 0.15) is 0 Å². The molecule has 1 aromatic rings. The van der Waals surface area contributed by atoms with Gasteiger partial charge < -0.3 is 5.32 Å². The first-order chi connectivity index (χ1) is 9.27. The van der Waals surface area contributed by atoms with Gasteiger partial charge in [-0.15, -0.1) is 0 Å². The molecular weight excluding hydrogens is 230 g/mol. The molecule has 1 N–H and O–H groups in total. The summed E-state index contributed by atoms with van der Waals surface area (Å²) in [6.45, 7) is 9.35. The second kappa shape index (κ2) is 6.56. The van der Waals surface area contributed by atoms with E-state index >= 15 is 0 Å². The molecule has 0 saturated heterocycles. The van der Waals surface area contributed by atoms with Crippen LogP contribution in [-0.4, -0.2) is 13.1 Å². The second-order valence-electron chi connectivity index (χ2n) is 6.11. The van der Waals surface area contributed by atoms with Crippen molar-refractivity contribution in [3.05, 3.63) is 35.9 Å². The maximum atomic E-state index is 3.67. The van der Waals surface area contributed by atoms with Gasteiger partial charge in [-0.05, 0) is 55.0 Å². The minimum absolute atomic E-state index is 0.510.